The molecule has 4 nitrogen and oxygen atoms in total. The molecule has 0 bridgehead atoms. The maximum Gasteiger partial charge on any atom is 0.226 e. The van der Waals surface area contributed by atoms with Crippen LogP contribution in [0.3, 0.4) is 0 Å². The van der Waals surface area contributed by atoms with E-state index in [1.165, 1.54) is 0 Å². The van der Waals surface area contributed by atoms with Gasteiger partial charge in [-0.25, -0.2) is 0 Å². The molecule has 0 fully saturated rings. The van der Waals surface area contributed by atoms with Gasteiger partial charge in [0, 0.05) is 16.9 Å². The summed E-state index contributed by atoms with van der Waals surface area (Å²) in [6.45, 7) is 9.44. The highest BCUT2D eigenvalue weighted by atomic mass is 16.2. The summed E-state index contributed by atoms with van der Waals surface area (Å²) < 4.78 is 0. The summed E-state index contributed by atoms with van der Waals surface area (Å²) in [5.41, 5.74) is 7.06. The minimum Gasteiger partial charge on any atom is -0.397 e. The third-order valence-electron chi connectivity index (χ3n) is 3.59. The quantitative estimate of drug-likeness (QED) is 0.638. The van der Waals surface area contributed by atoms with Gasteiger partial charge in [-0.3, -0.25) is 9.59 Å². The number of Topliss-reactive ketones (excluding diaryl/α,β-unsaturated/α-hetero) is 1. The maximum absolute atomic E-state index is 12.3. The zero-order valence-electron chi connectivity index (χ0n) is 12.9. The lowest BCUT2D eigenvalue weighted by Crippen LogP contribution is -2.23. The van der Waals surface area contributed by atoms with Crippen LogP contribution in [0.4, 0.5) is 11.4 Å². The van der Waals surface area contributed by atoms with Crippen LogP contribution in [-0.4, -0.2) is 11.7 Å². The van der Waals surface area contributed by atoms with E-state index >= 15 is 0 Å². The van der Waals surface area contributed by atoms with E-state index in [9.17, 15) is 9.59 Å². The van der Waals surface area contributed by atoms with Gasteiger partial charge in [0.15, 0.2) is 5.78 Å². The van der Waals surface area contributed by atoms with E-state index in [4.69, 9.17) is 5.73 Å². The monoisotopic (exact) mass is 276 g/mol. The van der Waals surface area contributed by atoms with E-state index in [1.54, 1.807) is 18.2 Å². The van der Waals surface area contributed by atoms with Crippen LogP contribution in [0.5, 0.6) is 0 Å². The molecule has 3 N–H and O–H groups in total. The smallest absolute Gasteiger partial charge is 0.226 e. The molecule has 0 aromatic heterocycles. The van der Waals surface area contributed by atoms with Crippen LogP contribution < -0.4 is 11.1 Å². The lowest BCUT2D eigenvalue weighted by atomic mass is 9.82. The molecule has 0 saturated carbocycles. The summed E-state index contributed by atoms with van der Waals surface area (Å²) in [4.78, 5) is 24.0. The average Bonchev–Trinajstić information content (AvgIpc) is 2.39. The molecule has 0 spiro atoms. The molecule has 4 heteroatoms. The highest BCUT2D eigenvalue weighted by Gasteiger charge is 2.26. The summed E-state index contributed by atoms with van der Waals surface area (Å²) in [5, 5.41) is 2.75. The minimum absolute atomic E-state index is 0.0634. The number of nitrogens with two attached hydrogens (primary N) is 1. The lowest BCUT2D eigenvalue weighted by molar-refractivity contribution is -0.118. The van der Waals surface area contributed by atoms with Gasteiger partial charge in [-0.15, -0.1) is 0 Å². The van der Waals surface area contributed by atoms with Gasteiger partial charge >= 0.3 is 0 Å². The van der Waals surface area contributed by atoms with E-state index in [0.717, 1.165) is 6.42 Å². The first-order valence-corrected chi connectivity index (χ1v) is 6.94. The number of carbonyl (C=O) groups is 2. The number of rotatable bonds is 5. The van der Waals surface area contributed by atoms with Crippen molar-refractivity contribution in [3.63, 3.8) is 0 Å². The van der Waals surface area contributed by atoms with Crippen LogP contribution in [0, 0.1) is 11.3 Å². The number of hydrogen-bond donors (Lipinski definition) is 2. The van der Waals surface area contributed by atoms with Crippen molar-refractivity contribution in [2.75, 3.05) is 11.1 Å². The highest BCUT2D eigenvalue weighted by Crippen LogP contribution is 2.28. The molecule has 0 radical (unpaired) electrons. The molecule has 0 heterocycles. The predicted octanol–water partition coefficient (Wildman–Crippen LogP) is 3.48. The summed E-state index contributed by atoms with van der Waals surface area (Å²) in [7, 11) is 0. The normalized spacial score (nSPS) is 11.5. The van der Waals surface area contributed by atoms with E-state index in [-0.39, 0.29) is 17.6 Å². The minimum atomic E-state index is -0.408. The number of nitrogen functional groups attached to an aromatic ring is 1. The molecule has 0 atom stereocenters. The molecule has 110 valence electrons. The Bertz CT molecular complexity index is 519. The second kappa shape index (κ2) is 6.07. The Labute approximate surface area is 120 Å². The van der Waals surface area contributed by atoms with Gasteiger partial charge in [-0.2, -0.15) is 0 Å². The van der Waals surface area contributed by atoms with Gasteiger partial charge in [0.1, 0.15) is 0 Å². The van der Waals surface area contributed by atoms with Gasteiger partial charge < -0.3 is 11.1 Å². The fourth-order valence-corrected chi connectivity index (χ4v) is 1.65. The SMILES string of the molecule is CCC(C)(C)C(=O)c1ccc(NC(=O)C(C)C)c(N)c1. The van der Waals surface area contributed by atoms with Crippen molar-refractivity contribution in [2.45, 2.75) is 41.0 Å². The van der Waals surface area contributed by atoms with E-state index in [1.807, 2.05) is 34.6 Å². The number of amides is 1. The zero-order valence-corrected chi connectivity index (χ0v) is 12.9. The Hall–Kier alpha value is -1.84. The molecule has 1 rings (SSSR count). The standard InChI is InChI=1S/C16H24N2O2/c1-6-16(4,5)14(19)11-7-8-13(12(17)9-11)18-15(20)10(2)3/h7-10H,6,17H2,1-5H3,(H,18,20). The number of hydrogen-bond acceptors (Lipinski definition) is 3. The van der Waals surface area contributed by atoms with Crippen molar-refractivity contribution < 1.29 is 9.59 Å². The summed E-state index contributed by atoms with van der Waals surface area (Å²) in [6, 6.07) is 5.04. The largest absolute Gasteiger partial charge is 0.397 e. The molecular formula is C16H24N2O2. The van der Waals surface area contributed by atoms with Gasteiger partial charge in [0.2, 0.25) is 5.91 Å². The molecule has 1 aromatic rings. The average molecular weight is 276 g/mol. The van der Waals surface area contributed by atoms with Crippen LogP contribution in [0.2, 0.25) is 0 Å². The Morgan fingerprint density at radius 1 is 1.30 bits per heavy atom. The Balaban J connectivity index is 3.00. The van der Waals surface area contributed by atoms with Crippen molar-refractivity contribution in [2.24, 2.45) is 11.3 Å². The summed E-state index contributed by atoms with van der Waals surface area (Å²) in [6.07, 6.45) is 0.761. The van der Waals surface area contributed by atoms with Crippen molar-refractivity contribution in [3.05, 3.63) is 23.8 Å². The van der Waals surface area contributed by atoms with Crippen molar-refractivity contribution in [3.8, 4) is 0 Å². The Morgan fingerprint density at radius 3 is 2.35 bits per heavy atom. The third kappa shape index (κ3) is 3.59. The van der Waals surface area contributed by atoms with Gasteiger partial charge in [0.25, 0.3) is 0 Å². The van der Waals surface area contributed by atoms with E-state index in [0.29, 0.717) is 16.9 Å². The molecule has 20 heavy (non-hydrogen) atoms. The number of carbonyl (C=O) groups excluding carboxylic acids is 2. The molecule has 0 aliphatic carbocycles. The Morgan fingerprint density at radius 2 is 1.90 bits per heavy atom. The molecule has 1 amide bonds. The van der Waals surface area contributed by atoms with Crippen LogP contribution in [0.25, 0.3) is 0 Å². The molecular weight excluding hydrogens is 252 g/mol. The van der Waals surface area contributed by atoms with E-state index < -0.39 is 5.41 Å². The summed E-state index contributed by atoms with van der Waals surface area (Å²) >= 11 is 0. The van der Waals surface area contributed by atoms with Crippen molar-refractivity contribution >= 4 is 23.1 Å². The number of benzene rings is 1. The molecule has 0 aliphatic rings. The molecule has 0 aliphatic heterocycles. The molecule has 1 aromatic carbocycles. The Kier molecular flexibility index (Phi) is 4.93. The van der Waals surface area contributed by atoms with Crippen molar-refractivity contribution in [1.29, 1.82) is 0 Å². The first-order chi connectivity index (χ1) is 9.19. The number of nitrogens with one attached hydrogen (secondary N) is 1. The first kappa shape index (κ1) is 16.2. The van der Waals surface area contributed by atoms with Crippen molar-refractivity contribution in [1.82, 2.24) is 0 Å². The van der Waals surface area contributed by atoms with Crippen LogP contribution in [0.1, 0.15) is 51.4 Å². The second-order valence-corrected chi connectivity index (χ2v) is 6.01. The fraction of sp³-hybridized carbons (Fsp3) is 0.500. The van der Waals surface area contributed by atoms with Gasteiger partial charge in [0.05, 0.1) is 11.4 Å². The topological polar surface area (TPSA) is 72.2 Å². The molecule has 0 unspecified atom stereocenters. The van der Waals surface area contributed by atoms with Crippen LogP contribution in [-0.2, 0) is 4.79 Å². The second-order valence-electron chi connectivity index (χ2n) is 6.01. The highest BCUT2D eigenvalue weighted by molar-refractivity contribution is 6.02. The van der Waals surface area contributed by atoms with E-state index in [2.05, 4.69) is 5.32 Å². The maximum atomic E-state index is 12.3. The lowest BCUT2D eigenvalue weighted by Gasteiger charge is -2.21. The van der Waals surface area contributed by atoms with Gasteiger partial charge in [-0.1, -0.05) is 34.6 Å². The van der Waals surface area contributed by atoms with Crippen LogP contribution in [0.15, 0.2) is 18.2 Å². The first-order valence-electron chi connectivity index (χ1n) is 6.94. The van der Waals surface area contributed by atoms with Gasteiger partial charge in [-0.05, 0) is 24.6 Å². The fourth-order valence-electron chi connectivity index (χ4n) is 1.65. The predicted molar refractivity (Wildman–Crippen MR) is 82.7 cm³/mol. The summed E-state index contributed by atoms with van der Waals surface area (Å²) in [5.74, 6) is -0.146. The number of ketones is 1. The zero-order chi connectivity index (χ0) is 15.5. The van der Waals surface area contributed by atoms with Crippen LogP contribution >= 0.6 is 0 Å². The number of anilines is 2. The third-order valence-corrected chi connectivity index (χ3v) is 3.59. The molecule has 0 saturated heterocycles.